The third-order valence-corrected chi connectivity index (χ3v) is 3.65. The van der Waals surface area contributed by atoms with Gasteiger partial charge in [-0.2, -0.15) is 0 Å². The number of ether oxygens (including phenoxy) is 1. The van der Waals surface area contributed by atoms with Crippen molar-refractivity contribution in [1.29, 1.82) is 0 Å². The Morgan fingerprint density at radius 2 is 1.46 bits per heavy atom. The minimum absolute atomic E-state index is 0.0881. The molecule has 0 aliphatic rings. The molecule has 0 spiro atoms. The van der Waals surface area contributed by atoms with Crippen molar-refractivity contribution >= 4 is 12.2 Å². The lowest BCUT2D eigenvalue weighted by atomic mass is 10.1. The van der Waals surface area contributed by atoms with Crippen LogP contribution in [0.25, 0.3) is 12.2 Å². The summed E-state index contributed by atoms with van der Waals surface area (Å²) in [5, 5.41) is 0. The van der Waals surface area contributed by atoms with Crippen LogP contribution >= 0.6 is 0 Å². The first-order chi connectivity index (χ1) is 11.7. The van der Waals surface area contributed by atoms with Gasteiger partial charge in [-0.1, -0.05) is 85.0 Å². The van der Waals surface area contributed by atoms with Gasteiger partial charge >= 0.3 is 0 Å². The monoisotopic (exact) mass is 321 g/mol. The van der Waals surface area contributed by atoms with Gasteiger partial charge in [0.15, 0.2) is 0 Å². The SMILES string of the molecule is CN(C)CCOC(/C=C/c1ccccc1)C/C=C/c1ccccc1. The molecule has 0 aliphatic carbocycles. The van der Waals surface area contributed by atoms with Crippen LogP contribution in [0.4, 0.5) is 0 Å². The predicted molar refractivity (Wildman–Crippen MR) is 104 cm³/mol. The first kappa shape index (κ1) is 18.2. The lowest BCUT2D eigenvalue weighted by Gasteiger charge is -2.15. The summed E-state index contributed by atoms with van der Waals surface area (Å²) in [6.07, 6.45) is 9.58. The molecule has 0 aromatic heterocycles. The molecule has 1 unspecified atom stereocenters. The van der Waals surface area contributed by atoms with E-state index in [-0.39, 0.29) is 6.10 Å². The summed E-state index contributed by atoms with van der Waals surface area (Å²) in [4.78, 5) is 2.14. The Morgan fingerprint density at radius 3 is 2.04 bits per heavy atom. The highest BCUT2D eigenvalue weighted by atomic mass is 16.5. The van der Waals surface area contributed by atoms with Gasteiger partial charge in [-0.15, -0.1) is 0 Å². The second-order valence-corrected chi connectivity index (χ2v) is 6.03. The van der Waals surface area contributed by atoms with Crippen LogP contribution in [0, 0.1) is 0 Å². The maximum absolute atomic E-state index is 6.03. The van der Waals surface area contributed by atoms with Crippen molar-refractivity contribution < 1.29 is 4.74 Å². The summed E-state index contributed by atoms with van der Waals surface area (Å²) in [6.45, 7) is 1.66. The lowest BCUT2D eigenvalue weighted by molar-refractivity contribution is 0.0759. The zero-order valence-corrected chi connectivity index (χ0v) is 14.6. The van der Waals surface area contributed by atoms with Crippen LogP contribution in [0.1, 0.15) is 17.5 Å². The molecule has 2 nitrogen and oxygen atoms in total. The van der Waals surface area contributed by atoms with E-state index in [4.69, 9.17) is 4.74 Å². The molecule has 2 heteroatoms. The van der Waals surface area contributed by atoms with Gasteiger partial charge in [-0.05, 0) is 31.6 Å². The largest absolute Gasteiger partial charge is 0.372 e. The van der Waals surface area contributed by atoms with Gasteiger partial charge in [0.05, 0.1) is 12.7 Å². The highest BCUT2D eigenvalue weighted by Crippen LogP contribution is 2.09. The molecule has 2 aromatic rings. The summed E-state index contributed by atoms with van der Waals surface area (Å²) in [5.41, 5.74) is 2.42. The second-order valence-electron chi connectivity index (χ2n) is 6.03. The Kier molecular flexibility index (Phi) is 8.02. The van der Waals surface area contributed by atoms with Crippen molar-refractivity contribution in [2.45, 2.75) is 12.5 Å². The molecule has 0 bridgehead atoms. The maximum Gasteiger partial charge on any atom is 0.0794 e. The number of rotatable bonds is 9. The summed E-state index contributed by atoms with van der Waals surface area (Å²) in [5.74, 6) is 0. The van der Waals surface area contributed by atoms with Crippen molar-refractivity contribution in [1.82, 2.24) is 4.90 Å². The van der Waals surface area contributed by atoms with Crippen LogP contribution in [-0.4, -0.2) is 38.3 Å². The fourth-order valence-corrected chi connectivity index (χ4v) is 2.27. The van der Waals surface area contributed by atoms with Crippen molar-refractivity contribution in [2.24, 2.45) is 0 Å². The first-order valence-corrected chi connectivity index (χ1v) is 8.45. The fraction of sp³-hybridized carbons (Fsp3) is 0.273. The molecule has 0 amide bonds. The van der Waals surface area contributed by atoms with E-state index in [0.29, 0.717) is 0 Å². The van der Waals surface area contributed by atoms with E-state index in [1.54, 1.807) is 0 Å². The topological polar surface area (TPSA) is 12.5 Å². The third kappa shape index (κ3) is 7.40. The fourth-order valence-electron chi connectivity index (χ4n) is 2.27. The van der Waals surface area contributed by atoms with Crippen molar-refractivity contribution in [3.8, 4) is 0 Å². The Hall–Kier alpha value is -2.16. The molecule has 24 heavy (non-hydrogen) atoms. The molecule has 0 N–H and O–H groups in total. The summed E-state index contributed by atoms with van der Waals surface area (Å²) in [7, 11) is 4.13. The normalized spacial score (nSPS) is 13.1. The average molecular weight is 321 g/mol. The Balaban J connectivity index is 1.94. The molecular formula is C22H27NO. The van der Waals surface area contributed by atoms with E-state index in [2.05, 4.69) is 91.8 Å². The minimum Gasteiger partial charge on any atom is -0.372 e. The number of hydrogen-bond donors (Lipinski definition) is 0. The lowest BCUT2D eigenvalue weighted by Crippen LogP contribution is -2.21. The third-order valence-electron chi connectivity index (χ3n) is 3.65. The quantitative estimate of drug-likeness (QED) is 0.661. The molecule has 126 valence electrons. The average Bonchev–Trinajstić information content (AvgIpc) is 2.61. The zero-order valence-electron chi connectivity index (χ0n) is 14.6. The Labute approximate surface area is 146 Å². The van der Waals surface area contributed by atoms with E-state index in [0.717, 1.165) is 19.6 Å². The maximum atomic E-state index is 6.03. The van der Waals surface area contributed by atoms with Crippen LogP contribution < -0.4 is 0 Å². The second kappa shape index (κ2) is 10.6. The van der Waals surface area contributed by atoms with Gasteiger partial charge in [0, 0.05) is 6.54 Å². The summed E-state index contributed by atoms with van der Waals surface area (Å²) in [6, 6.07) is 20.7. The van der Waals surface area contributed by atoms with E-state index < -0.39 is 0 Å². The Morgan fingerprint density at radius 1 is 0.875 bits per heavy atom. The number of hydrogen-bond acceptors (Lipinski definition) is 2. The molecule has 0 radical (unpaired) electrons. The molecule has 1 atom stereocenters. The van der Waals surface area contributed by atoms with Crippen LogP contribution in [0.15, 0.2) is 72.8 Å². The highest BCUT2D eigenvalue weighted by Gasteiger charge is 2.03. The van der Waals surface area contributed by atoms with Crippen molar-refractivity contribution in [3.63, 3.8) is 0 Å². The smallest absolute Gasteiger partial charge is 0.0794 e. The van der Waals surface area contributed by atoms with Gasteiger partial charge in [-0.3, -0.25) is 0 Å². The molecule has 0 aliphatic heterocycles. The van der Waals surface area contributed by atoms with E-state index in [1.807, 2.05) is 12.1 Å². The van der Waals surface area contributed by atoms with Crippen LogP contribution in [0.5, 0.6) is 0 Å². The highest BCUT2D eigenvalue weighted by molar-refractivity contribution is 5.50. The molecule has 0 fully saturated rings. The molecule has 0 heterocycles. The molecule has 2 rings (SSSR count). The molecular weight excluding hydrogens is 294 g/mol. The van der Waals surface area contributed by atoms with E-state index >= 15 is 0 Å². The van der Waals surface area contributed by atoms with Crippen LogP contribution in [0.2, 0.25) is 0 Å². The van der Waals surface area contributed by atoms with Crippen molar-refractivity contribution in [2.75, 3.05) is 27.2 Å². The van der Waals surface area contributed by atoms with Gasteiger partial charge in [0.2, 0.25) is 0 Å². The number of likely N-dealkylation sites (N-methyl/N-ethyl adjacent to an activating group) is 1. The van der Waals surface area contributed by atoms with Gasteiger partial charge in [0.25, 0.3) is 0 Å². The van der Waals surface area contributed by atoms with Crippen LogP contribution in [-0.2, 0) is 4.74 Å². The minimum atomic E-state index is 0.0881. The Bertz CT molecular complexity index is 617. The van der Waals surface area contributed by atoms with Gasteiger partial charge in [-0.25, -0.2) is 0 Å². The standard InChI is InChI=1S/C22H27NO/c1-23(2)18-19-24-22(17-16-21-12-7-4-8-13-21)15-9-14-20-10-5-3-6-11-20/h3-14,16-17,22H,15,18-19H2,1-2H3/b14-9+,17-16+. The summed E-state index contributed by atoms with van der Waals surface area (Å²) >= 11 is 0. The van der Waals surface area contributed by atoms with E-state index in [9.17, 15) is 0 Å². The zero-order chi connectivity index (χ0) is 17.0. The molecule has 2 aromatic carbocycles. The van der Waals surface area contributed by atoms with Gasteiger partial charge in [0.1, 0.15) is 0 Å². The number of nitrogens with zero attached hydrogens (tertiary/aromatic N) is 1. The predicted octanol–water partition coefficient (Wildman–Crippen LogP) is 4.75. The van der Waals surface area contributed by atoms with Crippen LogP contribution in [0.3, 0.4) is 0 Å². The van der Waals surface area contributed by atoms with E-state index in [1.165, 1.54) is 11.1 Å². The summed E-state index contributed by atoms with van der Waals surface area (Å²) < 4.78 is 6.03. The first-order valence-electron chi connectivity index (χ1n) is 8.45. The molecule has 0 saturated heterocycles. The number of benzene rings is 2. The molecule has 0 saturated carbocycles. The van der Waals surface area contributed by atoms with Crippen molar-refractivity contribution in [3.05, 3.63) is 83.9 Å². The van der Waals surface area contributed by atoms with Gasteiger partial charge < -0.3 is 9.64 Å².